The molecule has 2 aromatic carbocycles. The van der Waals surface area contributed by atoms with Crippen LogP contribution in [0.4, 0.5) is 0 Å². The maximum absolute atomic E-state index is 12.9. The highest BCUT2D eigenvalue weighted by Crippen LogP contribution is 2.62. The number of hydrogen-bond acceptors (Lipinski definition) is 4. The van der Waals surface area contributed by atoms with Crippen molar-refractivity contribution in [1.29, 1.82) is 5.26 Å². The van der Waals surface area contributed by atoms with E-state index < -0.39 is 26.4 Å². The fraction of sp³-hybridized carbons (Fsp3) is 0.176. The van der Waals surface area contributed by atoms with E-state index in [1.165, 1.54) is 24.3 Å². The molecule has 0 radical (unpaired) electrons. The zero-order chi connectivity index (χ0) is 17.5. The van der Waals surface area contributed by atoms with E-state index in [0.717, 1.165) is 4.47 Å². The quantitative estimate of drug-likeness (QED) is 0.701. The van der Waals surface area contributed by atoms with Crippen molar-refractivity contribution in [2.45, 2.75) is 16.1 Å². The Bertz CT molecular complexity index is 935. The molecule has 4 nitrogen and oxygen atoms in total. The minimum atomic E-state index is -3.85. The monoisotopic (exact) mass is 423 g/mol. The third kappa shape index (κ3) is 2.57. The van der Waals surface area contributed by atoms with Crippen LogP contribution in [0.25, 0.3) is 0 Å². The van der Waals surface area contributed by atoms with Gasteiger partial charge in [0.25, 0.3) is 0 Å². The fourth-order valence-corrected chi connectivity index (χ4v) is 5.63. The van der Waals surface area contributed by atoms with E-state index in [4.69, 9.17) is 11.6 Å². The van der Waals surface area contributed by atoms with Gasteiger partial charge in [-0.25, -0.2) is 8.42 Å². The molecule has 1 saturated carbocycles. The first-order valence-electron chi connectivity index (χ1n) is 6.99. The van der Waals surface area contributed by atoms with Gasteiger partial charge in [-0.1, -0.05) is 39.7 Å². The summed E-state index contributed by atoms with van der Waals surface area (Å²) in [4.78, 5) is 11.6. The van der Waals surface area contributed by atoms with Crippen LogP contribution >= 0.6 is 27.5 Å². The van der Waals surface area contributed by atoms with Crippen LogP contribution in [0, 0.1) is 16.7 Å². The topological polar surface area (TPSA) is 75.0 Å². The van der Waals surface area contributed by atoms with E-state index in [0.29, 0.717) is 16.9 Å². The molecule has 1 fully saturated rings. The molecule has 3 atom stereocenters. The van der Waals surface area contributed by atoms with Crippen molar-refractivity contribution >= 4 is 43.7 Å². The SMILES string of the molecule is N#C[C@]1(C=O)[C@@H](c2ccc(Br)cc2)[C@@H]1S(=O)(=O)c1ccc(Cl)cc1. The summed E-state index contributed by atoms with van der Waals surface area (Å²) in [6.07, 6.45) is 0.456. The predicted molar refractivity (Wildman–Crippen MR) is 93.4 cm³/mol. The van der Waals surface area contributed by atoms with E-state index in [-0.39, 0.29) is 4.90 Å². The summed E-state index contributed by atoms with van der Waals surface area (Å²) in [5.41, 5.74) is -0.916. The summed E-state index contributed by atoms with van der Waals surface area (Å²) in [6.45, 7) is 0. The first-order valence-corrected chi connectivity index (χ1v) is 9.71. The van der Waals surface area contributed by atoms with Crippen molar-refractivity contribution in [1.82, 2.24) is 0 Å². The van der Waals surface area contributed by atoms with Gasteiger partial charge in [0.2, 0.25) is 0 Å². The highest BCUT2D eigenvalue weighted by atomic mass is 79.9. The van der Waals surface area contributed by atoms with Crippen LogP contribution in [0.15, 0.2) is 57.9 Å². The molecule has 24 heavy (non-hydrogen) atoms. The lowest BCUT2D eigenvalue weighted by Crippen LogP contribution is -2.16. The number of sulfone groups is 1. The van der Waals surface area contributed by atoms with Crippen molar-refractivity contribution in [2.24, 2.45) is 5.41 Å². The van der Waals surface area contributed by atoms with Crippen LogP contribution in [-0.2, 0) is 14.6 Å². The Balaban J connectivity index is 2.08. The Morgan fingerprint density at radius 2 is 1.71 bits per heavy atom. The van der Waals surface area contributed by atoms with Crippen LogP contribution in [0.1, 0.15) is 11.5 Å². The molecule has 7 heteroatoms. The average Bonchev–Trinajstić information content (AvgIpc) is 3.26. The van der Waals surface area contributed by atoms with Crippen LogP contribution in [0.5, 0.6) is 0 Å². The fourth-order valence-electron chi connectivity index (χ4n) is 3.00. The summed E-state index contributed by atoms with van der Waals surface area (Å²) >= 11 is 9.11. The standard InChI is InChI=1S/C17H11BrClNO3S/c18-12-3-1-11(2-4-12)15-16(17(15,9-20)10-21)24(22,23)14-7-5-13(19)6-8-14/h1-8,10,15-16H/t15-,16-,17-/m0/s1. The van der Waals surface area contributed by atoms with Crippen LogP contribution in [0.2, 0.25) is 5.02 Å². The zero-order valence-corrected chi connectivity index (χ0v) is 15.3. The normalized spacial score (nSPS) is 25.7. The lowest BCUT2D eigenvalue weighted by Gasteiger charge is -2.04. The Kier molecular flexibility index (Phi) is 4.28. The van der Waals surface area contributed by atoms with Gasteiger partial charge in [-0.05, 0) is 42.0 Å². The smallest absolute Gasteiger partial charge is 0.183 e. The molecule has 2 aromatic rings. The van der Waals surface area contributed by atoms with Crippen LogP contribution in [-0.4, -0.2) is 20.0 Å². The minimum Gasteiger partial charge on any atom is -0.302 e. The van der Waals surface area contributed by atoms with Gasteiger partial charge in [-0.15, -0.1) is 0 Å². The third-order valence-corrected chi connectivity index (χ3v) is 7.31. The Morgan fingerprint density at radius 3 is 2.21 bits per heavy atom. The maximum Gasteiger partial charge on any atom is 0.183 e. The van der Waals surface area contributed by atoms with E-state index in [9.17, 15) is 18.5 Å². The molecule has 0 bridgehead atoms. The van der Waals surface area contributed by atoms with Gasteiger partial charge in [-0.2, -0.15) is 5.26 Å². The number of nitriles is 1. The summed E-state index contributed by atoms with van der Waals surface area (Å²) < 4.78 is 26.7. The second-order valence-electron chi connectivity index (χ2n) is 5.61. The van der Waals surface area contributed by atoms with Crippen molar-refractivity contribution < 1.29 is 13.2 Å². The number of hydrogen-bond donors (Lipinski definition) is 0. The third-order valence-electron chi connectivity index (χ3n) is 4.27. The molecular weight excluding hydrogens is 414 g/mol. The van der Waals surface area contributed by atoms with E-state index in [2.05, 4.69) is 15.9 Å². The number of halogens is 2. The molecule has 122 valence electrons. The number of benzene rings is 2. The number of rotatable bonds is 4. The molecule has 1 aliphatic rings. The molecule has 0 aromatic heterocycles. The van der Waals surface area contributed by atoms with E-state index in [1.807, 2.05) is 6.07 Å². The Morgan fingerprint density at radius 1 is 1.12 bits per heavy atom. The van der Waals surface area contributed by atoms with Gasteiger partial charge in [0.05, 0.1) is 11.0 Å². The van der Waals surface area contributed by atoms with Gasteiger partial charge >= 0.3 is 0 Å². The molecule has 0 unspecified atom stereocenters. The number of carbonyl (C=O) groups is 1. The van der Waals surface area contributed by atoms with Gasteiger partial charge in [0.1, 0.15) is 17.0 Å². The summed E-state index contributed by atoms with van der Waals surface area (Å²) in [7, 11) is -3.85. The van der Waals surface area contributed by atoms with Crippen molar-refractivity contribution in [3.8, 4) is 6.07 Å². The van der Waals surface area contributed by atoms with Gasteiger partial charge in [-0.3, -0.25) is 0 Å². The molecule has 0 aliphatic heterocycles. The number of aldehydes is 1. The van der Waals surface area contributed by atoms with E-state index in [1.54, 1.807) is 24.3 Å². The molecule has 0 heterocycles. The van der Waals surface area contributed by atoms with Crippen molar-refractivity contribution in [3.05, 3.63) is 63.6 Å². The first kappa shape index (κ1) is 17.2. The highest BCUT2D eigenvalue weighted by Gasteiger charge is 2.72. The Labute approximate surface area is 153 Å². The van der Waals surface area contributed by atoms with Crippen molar-refractivity contribution in [3.63, 3.8) is 0 Å². The molecule has 0 amide bonds. The molecule has 0 spiro atoms. The zero-order valence-electron chi connectivity index (χ0n) is 12.2. The summed E-state index contributed by atoms with van der Waals surface area (Å²) in [5, 5.41) is 8.80. The van der Waals surface area contributed by atoms with E-state index >= 15 is 0 Å². The first-order chi connectivity index (χ1) is 11.4. The number of nitrogens with zero attached hydrogens (tertiary/aromatic N) is 1. The van der Waals surface area contributed by atoms with Crippen LogP contribution < -0.4 is 0 Å². The minimum absolute atomic E-state index is 0.0537. The molecular formula is C17H11BrClNO3S. The Hall–Kier alpha value is -1.68. The molecule has 0 saturated heterocycles. The second kappa shape index (κ2) is 5.99. The highest BCUT2D eigenvalue weighted by molar-refractivity contribution is 9.10. The molecule has 3 rings (SSSR count). The predicted octanol–water partition coefficient (Wildman–Crippen LogP) is 3.75. The summed E-state index contributed by atoms with van der Waals surface area (Å²) in [5.74, 6) is -0.686. The summed E-state index contributed by atoms with van der Waals surface area (Å²) in [6, 6.07) is 14.6. The van der Waals surface area contributed by atoms with Gasteiger partial charge in [0, 0.05) is 15.4 Å². The average molecular weight is 425 g/mol. The molecule has 1 aliphatic carbocycles. The largest absolute Gasteiger partial charge is 0.302 e. The van der Waals surface area contributed by atoms with Crippen molar-refractivity contribution in [2.75, 3.05) is 0 Å². The lowest BCUT2D eigenvalue weighted by molar-refractivity contribution is -0.110. The molecule has 0 N–H and O–H groups in total. The van der Waals surface area contributed by atoms with Gasteiger partial charge in [0.15, 0.2) is 9.84 Å². The lowest BCUT2D eigenvalue weighted by atomic mass is 10.0. The number of carbonyl (C=O) groups excluding carboxylic acids is 1. The maximum atomic E-state index is 12.9. The van der Waals surface area contributed by atoms with Crippen LogP contribution in [0.3, 0.4) is 0 Å². The second-order valence-corrected chi connectivity index (χ2v) is 9.03. The van der Waals surface area contributed by atoms with Gasteiger partial charge < -0.3 is 4.79 Å².